The minimum atomic E-state index is 0.482. The molecule has 2 rings (SSSR count). The smallest absolute Gasteiger partial charge is 0.144 e. The second kappa shape index (κ2) is 5.98. The van der Waals surface area contributed by atoms with Crippen molar-refractivity contribution in [3.05, 3.63) is 59.4 Å². The molecule has 0 bridgehead atoms. The maximum atomic E-state index is 9.01. The highest BCUT2D eigenvalue weighted by Gasteiger charge is 2.07. The highest BCUT2D eigenvalue weighted by molar-refractivity contribution is 5.46. The van der Waals surface area contributed by atoms with Gasteiger partial charge in [0.2, 0.25) is 0 Å². The fourth-order valence-electron chi connectivity index (χ4n) is 1.98. The van der Waals surface area contributed by atoms with Crippen LogP contribution in [0.3, 0.4) is 0 Å². The Morgan fingerprint density at radius 3 is 2.58 bits per heavy atom. The molecule has 0 amide bonds. The maximum Gasteiger partial charge on any atom is 0.144 e. The van der Waals surface area contributed by atoms with Gasteiger partial charge in [-0.1, -0.05) is 24.3 Å². The van der Waals surface area contributed by atoms with Gasteiger partial charge in [0.1, 0.15) is 11.8 Å². The molecule has 1 aromatic heterocycles. The van der Waals surface area contributed by atoms with Crippen molar-refractivity contribution in [1.29, 1.82) is 5.26 Å². The molecule has 0 unspecified atom stereocenters. The quantitative estimate of drug-likeness (QED) is 0.847. The zero-order valence-electron chi connectivity index (χ0n) is 10.9. The first-order valence-electron chi connectivity index (χ1n) is 6.06. The lowest BCUT2D eigenvalue weighted by Gasteiger charge is -2.18. The molecule has 0 aliphatic carbocycles. The van der Waals surface area contributed by atoms with Gasteiger partial charge in [-0.15, -0.1) is 0 Å². The number of aromatic nitrogens is 1. The summed E-state index contributed by atoms with van der Waals surface area (Å²) in [7, 11) is 2.00. The average molecular weight is 252 g/mol. The van der Waals surface area contributed by atoms with Crippen LogP contribution in [0.5, 0.6) is 0 Å². The molecule has 0 saturated carbocycles. The van der Waals surface area contributed by atoms with Crippen LogP contribution in [-0.2, 0) is 13.1 Å². The number of hydrogen-bond donors (Lipinski definition) is 1. The lowest BCUT2D eigenvalue weighted by atomic mass is 10.1. The standard InChI is InChI=1S/C15H16N4/c1-19(10-12-5-2-3-7-14(12)17)11-13-6-4-8-18-15(13)9-16/h2-8H,10-11,17H2,1H3. The molecule has 0 saturated heterocycles. The van der Waals surface area contributed by atoms with Crippen molar-refractivity contribution in [2.75, 3.05) is 12.8 Å². The molecule has 0 spiro atoms. The maximum absolute atomic E-state index is 9.01. The lowest BCUT2D eigenvalue weighted by Crippen LogP contribution is -2.19. The molecular formula is C15H16N4. The third-order valence-corrected chi connectivity index (χ3v) is 2.93. The first-order valence-corrected chi connectivity index (χ1v) is 6.06. The van der Waals surface area contributed by atoms with Gasteiger partial charge < -0.3 is 5.73 Å². The number of nitrogen functional groups attached to an aromatic ring is 1. The summed E-state index contributed by atoms with van der Waals surface area (Å²) in [5.74, 6) is 0. The number of para-hydroxylation sites is 1. The van der Waals surface area contributed by atoms with Gasteiger partial charge in [0, 0.05) is 30.5 Å². The van der Waals surface area contributed by atoms with Crippen LogP contribution >= 0.6 is 0 Å². The summed E-state index contributed by atoms with van der Waals surface area (Å²) in [6.45, 7) is 1.41. The molecule has 2 N–H and O–H groups in total. The van der Waals surface area contributed by atoms with Gasteiger partial charge in [-0.05, 0) is 24.7 Å². The van der Waals surface area contributed by atoms with Crippen molar-refractivity contribution in [2.24, 2.45) is 0 Å². The molecule has 1 aromatic carbocycles. The monoisotopic (exact) mass is 252 g/mol. The van der Waals surface area contributed by atoms with Gasteiger partial charge in [0.15, 0.2) is 0 Å². The van der Waals surface area contributed by atoms with Crippen LogP contribution in [0.4, 0.5) is 5.69 Å². The van der Waals surface area contributed by atoms with Gasteiger partial charge in [0.05, 0.1) is 0 Å². The van der Waals surface area contributed by atoms with E-state index in [0.29, 0.717) is 12.2 Å². The second-order valence-electron chi connectivity index (χ2n) is 4.49. The zero-order chi connectivity index (χ0) is 13.7. The summed E-state index contributed by atoms with van der Waals surface area (Å²) in [6.07, 6.45) is 1.64. The van der Waals surface area contributed by atoms with Gasteiger partial charge in [0.25, 0.3) is 0 Å². The summed E-state index contributed by atoms with van der Waals surface area (Å²) in [4.78, 5) is 6.18. The number of rotatable bonds is 4. The van der Waals surface area contributed by atoms with Crippen LogP contribution in [-0.4, -0.2) is 16.9 Å². The molecule has 19 heavy (non-hydrogen) atoms. The van der Waals surface area contributed by atoms with E-state index in [9.17, 15) is 0 Å². The van der Waals surface area contributed by atoms with Crippen molar-refractivity contribution < 1.29 is 0 Å². The summed E-state index contributed by atoms with van der Waals surface area (Å²) < 4.78 is 0. The molecule has 0 atom stereocenters. The minimum absolute atomic E-state index is 0.482. The predicted octanol–water partition coefficient (Wildman–Crippen LogP) is 2.17. The fraction of sp³-hybridized carbons (Fsp3) is 0.200. The number of hydrogen-bond acceptors (Lipinski definition) is 4. The van der Waals surface area contributed by atoms with Crippen molar-refractivity contribution >= 4 is 5.69 Å². The summed E-state index contributed by atoms with van der Waals surface area (Å²) >= 11 is 0. The normalized spacial score (nSPS) is 10.4. The van der Waals surface area contributed by atoms with E-state index in [1.54, 1.807) is 6.20 Å². The van der Waals surface area contributed by atoms with Gasteiger partial charge in [-0.25, -0.2) is 4.98 Å². The first-order chi connectivity index (χ1) is 9.20. The molecule has 0 aliphatic heterocycles. The number of nitrogens with two attached hydrogens (primary N) is 1. The van der Waals surface area contributed by atoms with Crippen molar-refractivity contribution in [1.82, 2.24) is 9.88 Å². The molecule has 0 fully saturated rings. The van der Waals surface area contributed by atoms with Gasteiger partial charge in [-0.3, -0.25) is 4.90 Å². The van der Waals surface area contributed by atoms with Gasteiger partial charge in [-0.2, -0.15) is 5.26 Å². The van der Waals surface area contributed by atoms with Gasteiger partial charge >= 0.3 is 0 Å². The Balaban J connectivity index is 2.08. The van der Waals surface area contributed by atoms with Crippen LogP contribution in [0.25, 0.3) is 0 Å². The van der Waals surface area contributed by atoms with Crippen LogP contribution in [0, 0.1) is 11.3 Å². The Bertz CT molecular complexity index is 601. The minimum Gasteiger partial charge on any atom is -0.398 e. The molecule has 0 radical (unpaired) electrons. The van der Waals surface area contributed by atoms with Crippen molar-refractivity contribution in [2.45, 2.75) is 13.1 Å². The van der Waals surface area contributed by atoms with E-state index in [0.717, 1.165) is 23.4 Å². The predicted molar refractivity (Wildman–Crippen MR) is 75.0 cm³/mol. The number of benzene rings is 1. The van der Waals surface area contributed by atoms with Crippen molar-refractivity contribution in [3.8, 4) is 6.07 Å². The van der Waals surface area contributed by atoms with E-state index in [4.69, 9.17) is 11.0 Å². The Kier molecular flexibility index (Phi) is 4.11. The van der Waals surface area contributed by atoms with E-state index < -0.39 is 0 Å². The number of nitrogens with zero attached hydrogens (tertiary/aromatic N) is 3. The molecule has 96 valence electrons. The van der Waals surface area contributed by atoms with E-state index in [1.165, 1.54) is 0 Å². The van der Waals surface area contributed by atoms with E-state index in [1.807, 2.05) is 43.4 Å². The molecule has 1 heterocycles. The molecule has 4 nitrogen and oxygen atoms in total. The average Bonchev–Trinajstić information content (AvgIpc) is 2.42. The van der Waals surface area contributed by atoms with E-state index >= 15 is 0 Å². The van der Waals surface area contributed by atoms with Crippen LogP contribution < -0.4 is 5.73 Å². The third-order valence-electron chi connectivity index (χ3n) is 2.93. The Hall–Kier alpha value is -2.38. The largest absolute Gasteiger partial charge is 0.398 e. The summed E-state index contributed by atoms with van der Waals surface area (Å²) in [5.41, 5.74) is 9.22. The van der Waals surface area contributed by atoms with E-state index in [2.05, 4.69) is 16.0 Å². The molecule has 2 aromatic rings. The third kappa shape index (κ3) is 3.30. The Labute approximate surface area is 113 Å². The first kappa shape index (κ1) is 13.1. The van der Waals surface area contributed by atoms with Crippen LogP contribution in [0.15, 0.2) is 42.6 Å². The molecule has 0 aliphatic rings. The fourth-order valence-corrected chi connectivity index (χ4v) is 1.98. The highest BCUT2D eigenvalue weighted by atomic mass is 15.1. The number of nitriles is 1. The highest BCUT2D eigenvalue weighted by Crippen LogP contribution is 2.15. The van der Waals surface area contributed by atoms with E-state index in [-0.39, 0.29) is 0 Å². The lowest BCUT2D eigenvalue weighted by molar-refractivity contribution is 0.319. The Morgan fingerprint density at radius 1 is 1.16 bits per heavy atom. The number of anilines is 1. The topological polar surface area (TPSA) is 65.9 Å². The molecular weight excluding hydrogens is 236 g/mol. The van der Waals surface area contributed by atoms with Crippen LogP contribution in [0.1, 0.15) is 16.8 Å². The SMILES string of the molecule is CN(Cc1ccccc1N)Cc1cccnc1C#N. The van der Waals surface area contributed by atoms with Crippen LogP contribution in [0.2, 0.25) is 0 Å². The Morgan fingerprint density at radius 2 is 1.84 bits per heavy atom. The summed E-state index contributed by atoms with van der Waals surface area (Å²) in [5, 5.41) is 9.01. The number of pyridine rings is 1. The zero-order valence-corrected chi connectivity index (χ0v) is 10.9. The second-order valence-corrected chi connectivity index (χ2v) is 4.49. The molecule has 4 heteroatoms. The summed E-state index contributed by atoms with van der Waals surface area (Å²) in [6, 6.07) is 13.7. The van der Waals surface area contributed by atoms with Crippen molar-refractivity contribution in [3.63, 3.8) is 0 Å².